The summed E-state index contributed by atoms with van der Waals surface area (Å²) in [6, 6.07) is 1.75. The molecule has 2 N–H and O–H groups in total. The summed E-state index contributed by atoms with van der Waals surface area (Å²) < 4.78 is 5.53. The quantitative estimate of drug-likeness (QED) is 0.804. The molecule has 0 spiro atoms. The summed E-state index contributed by atoms with van der Waals surface area (Å²) in [5.41, 5.74) is 6.45. The van der Waals surface area contributed by atoms with Gasteiger partial charge < -0.3 is 15.4 Å². The Hall–Kier alpha value is -1.07. The lowest BCUT2D eigenvalue weighted by Gasteiger charge is -2.16. The maximum absolute atomic E-state index is 12.1. The van der Waals surface area contributed by atoms with Crippen LogP contribution in [0.15, 0.2) is 6.07 Å². The van der Waals surface area contributed by atoms with Crippen LogP contribution in [0.25, 0.3) is 0 Å². The number of carbonyl (C=O) groups excluding carboxylic acids is 1. The number of ether oxygens (including phenoxy) is 1. The number of aryl methyl sites for hydroxylation is 1. The van der Waals surface area contributed by atoms with E-state index in [1.807, 2.05) is 6.92 Å². The molecular weight excluding hydrogens is 248 g/mol. The number of nitrogens with two attached hydrogens (primary N) is 1. The third-order valence-electron chi connectivity index (χ3n) is 3.14. The van der Waals surface area contributed by atoms with Gasteiger partial charge in [-0.25, -0.2) is 0 Å². The molecule has 4 nitrogen and oxygen atoms in total. The summed E-state index contributed by atoms with van der Waals surface area (Å²) in [4.78, 5) is 15.5. The lowest BCUT2D eigenvalue weighted by atomic mass is 10.3. The number of rotatable bonds is 6. The Morgan fingerprint density at radius 1 is 1.61 bits per heavy atom. The van der Waals surface area contributed by atoms with Gasteiger partial charge >= 0.3 is 0 Å². The van der Waals surface area contributed by atoms with Gasteiger partial charge in [0, 0.05) is 30.8 Å². The number of hydrogen-bond donors (Lipinski definition) is 1. The van der Waals surface area contributed by atoms with E-state index in [2.05, 4.69) is 0 Å². The van der Waals surface area contributed by atoms with Gasteiger partial charge in [-0.2, -0.15) is 0 Å². The number of nitrogen functional groups attached to an aromatic ring is 1. The highest BCUT2D eigenvalue weighted by molar-refractivity contribution is 7.14. The van der Waals surface area contributed by atoms with Gasteiger partial charge in [-0.05, 0) is 31.7 Å². The van der Waals surface area contributed by atoms with E-state index >= 15 is 0 Å². The van der Waals surface area contributed by atoms with Crippen LogP contribution in [0.2, 0.25) is 0 Å². The predicted octanol–water partition coefficient (Wildman–Crippen LogP) is 2.14. The van der Waals surface area contributed by atoms with E-state index in [0.29, 0.717) is 23.7 Å². The Morgan fingerprint density at radius 3 is 2.89 bits per heavy atom. The summed E-state index contributed by atoms with van der Waals surface area (Å²) in [6.07, 6.45) is 2.59. The van der Waals surface area contributed by atoms with E-state index in [9.17, 15) is 4.79 Å². The molecule has 5 heteroatoms. The molecule has 1 heterocycles. The monoisotopic (exact) mass is 268 g/mol. The Kier molecular flexibility index (Phi) is 4.24. The van der Waals surface area contributed by atoms with Gasteiger partial charge in [-0.3, -0.25) is 4.79 Å². The fourth-order valence-corrected chi connectivity index (χ4v) is 2.56. The third kappa shape index (κ3) is 3.46. The van der Waals surface area contributed by atoms with Crippen LogP contribution in [0, 0.1) is 12.8 Å². The Bertz CT molecular complexity index is 407. The Labute approximate surface area is 112 Å². The van der Waals surface area contributed by atoms with Crippen LogP contribution in [0.5, 0.6) is 0 Å². The van der Waals surface area contributed by atoms with Crippen molar-refractivity contribution in [2.24, 2.45) is 5.92 Å². The largest absolute Gasteiger partial charge is 0.398 e. The van der Waals surface area contributed by atoms with E-state index in [1.54, 1.807) is 18.0 Å². The number of hydrogen-bond acceptors (Lipinski definition) is 4. The first-order valence-electron chi connectivity index (χ1n) is 6.27. The van der Waals surface area contributed by atoms with Gasteiger partial charge in [0.25, 0.3) is 5.91 Å². The zero-order valence-electron chi connectivity index (χ0n) is 10.9. The number of carbonyl (C=O) groups is 1. The van der Waals surface area contributed by atoms with Crippen molar-refractivity contribution < 1.29 is 9.53 Å². The van der Waals surface area contributed by atoms with Crippen molar-refractivity contribution >= 4 is 22.9 Å². The van der Waals surface area contributed by atoms with Gasteiger partial charge in [-0.15, -0.1) is 11.3 Å². The molecule has 1 saturated carbocycles. The average molecular weight is 268 g/mol. The van der Waals surface area contributed by atoms with Gasteiger partial charge in [0.2, 0.25) is 0 Å². The molecule has 18 heavy (non-hydrogen) atoms. The van der Waals surface area contributed by atoms with Crippen LogP contribution in [-0.2, 0) is 4.74 Å². The maximum atomic E-state index is 12.1. The van der Waals surface area contributed by atoms with Gasteiger partial charge in [0.1, 0.15) is 0 Å². The van der Waals surface area contributed by atoms with Crippen molar-refractivity contribution in [3.8, 4) is 0 Å². The first-order chi connectivity index (χ1) is 8.58. The summed E-state index contributed by atoms with van der Waals surface area (Å²) >= 11 is 1.45. The van der Waals surface area contributed by atoms with Crippen LogP contribution in [0.1, 0.15) is 27.4 Å². The zero-order chi connectivity index (χ0) is 13.1. The highest BCUT2D eigenvalue weighted by atomic mass is 32.1. The van der Waals surface area contributed by atoms with Crippen LogP contribution in [0.4, 0.5) is 5.69 Å². The topological polar surface area (TPSA) is 55.6 Å². The zero-order valence-corrected chi connectivity index (χ0v) is 11.8. The maximum Gasteiger partial charge on any atom is 0.263 e. The van der Waals surface area contributed by atoms with E-state index in [0.717, 1.165) is 17.4 Å². The number of likely N-dealkylation sites (N-methyl/N-ethyl adjacent to an activating group) is 1. The Morgan fingerprint density at radius 2 is 2.33 bits per heavy atom. The van der Waals surface area contributed by atoms with Gasteiger partial charge in [0.15, 0.2) is 0 Å². The normalized spacial score (nSPS) is 14.8. The average Bonchev–Trinajstić information content (AvgIpc) is 3.10. The molecule has 2 rings (SSSR count). The number of amides is 1. The van der Waals surface area contributed by atoms with Gasteiger partial charge in [-0.1, -0.05) is 0 Å². The van der Waals surface area contributed by atoms with Crippen LogP contribution in [-0.4, -0.2) is 37.6 Å². The molecule has 0 radical (unpaired) electrons. The molecule has 0 aliphatic heterocycles. The minimum atomic E-state index is 0.0230. The summed E-state index contributed by atoms with van der Waals surface area (Å²) in [7, 11) is 1.80. The summed E-state index contributed by atoms with van der Waals surface area (Å²) in [5.74, 6) is 0.792. The van der Waals surface area contributed by atoms with Crippen LogP contribution in [0.3, 0.4) is 0 Å². The molecule has 0 atom stereocenters. The van der Waals surface area contributed by atoms with Crippen LogP contribution < -0.4 is 5.73 Å². The second-order valence-electron chi connectivity index (χ2n) is 4.87. The van der Waals surface area contributed by atoms with Crippen molar-refractivity contribution in [2.45, 2.75) is 19.8 Å². The molecule has 1 amide bonds. The first-order valence-corrected chi connectivity index (χ1v) is 7.08. The Balaban J connectivity index is 1.76. The number of anilines is 1. The molecule has 0 saturated heterocycles. The van der Waals surface area contributed by atoms with Crippen molar-refractivity contribution in [2.75, 3.05) is 32.5 Å². The summed E-state index contributed by atoms with van der Waals surface area (Å²) in [5, 5.41) is 0. The van der Waals surface area contributed by atoms with Gasteiger partial charge in [0.05, 0.1) is 11.5 Å². The molecule has 1 aliphatic rings. The first kappa shape index (κ1) is 13.4. The van der Waals surface area contributed by atoms with E-state index < -0.39 is 0 Å². The molecule has 100 valence electrons. The summed E-state index contributed by atoms with van der Waals surface area (Å²) in [6.45, 7) is 4.00. The number of nitrogens with zero attached hydrogens (tertiary/aromatic N) is 1. The molecule has 0 unspecified atom stereocenters. The molecule has 1 aromatic rings. The van der Waals surface area contributed by atoms with E-state index in [-0.39, 0.29) is 5.91 Å². The minimum absolute atomic E-state index is 0.0230. The molecular formula is C13H20N2O2S. The van der Waals surface area contributed by atoms with E-state index in [4.69, 9.17) is 10.5 Å². The third-order valence-corrected chi connectivity index (χ3v) is 4.19. The lowest BCUT2D eigenvalue weighted by Crippen LogP contribution is -2.29. The van der Waals surface area contributed by atoms with E-state index in [1.165, 1.54) is 24.2 Å². The van der Waals surface area contributed by atoms with Crippen molar-refractivity contribution in [1.82, 2.24) is 4.90 Å². The standard InChI is InChI=1S/C13H20N2O2S/c1-9-11(14)7-12(18-9)13(16)15(2)5-6-17-8-10-3-4-10/h7,10H,3-6,8,14H2,1-2H3. The second-order valence-corrected chi connectivity index (χ2v) is 6.12. The molecule has 0 bridgehead atoms. The van der Waals surface area contributed by atoms with Crippen LogP contribution >= 0.6 is 11.3 Å². The van der Waals surface area contributed by atoms with Crippen molar-refractivity contribution in [3.05, 3.63) is 15.8 Å². The lowest BCUT2D eigenvalue weighted by molar-refractivity contribution is 0.0685. The highest BCUT2D eigenvalue weighted by Gasteiger charge is 2.21. The predicted molar refractivity (Wildman–Crippen MR) is 74.0 cm³/mol. The molecule has 1 aromatic heterocycles. The smallest absolute Gasteiger partial charge is 0.263 e. The highest BCUT2D eigenvalue weighted by Crippen LogP contribution is 2.28. The fourth-order valence-electron chi connectivity index (χ4n) is 1.63. The number of thiophene rings is 1. The molecule has 0 aromatic carbocycles. The fraction of sp³-hybridized carbons (Fsp3) is 0.615. The van der Waals surface area contributed by atoms with Crippen molar-refractivity contribution in [3.63, 3.8) is 0 Å². The molecule has 1 fully saturated rings. The molecule has 1 aliphatic carbocycles. The second kappa shape index (κ2) is 5.71. The van der Waals surface area contributed by atoms with Crippen molar-refractivity contribution in [1.29, 1.82) is 0 Å². The SMILES string of the molecule is Cc1sc(C(=O)N(C)CCOCC2CC2)cc1N. The minimum Gasteiger partial charge on any atom is -0.398 e.